The SMILES string of the molecule is CCOC(=O)C1=C(C)NC(C)=C(C(=O)OCC)C1c1ccccc1-c1nc(-c2ccccc2)c(C)s1. The van der Waals surface area contributed by atoms with Crippen LogP contribution in [0.2, 0.25) is 0 Å². The van der Waals surface area contributed by atoms with Gasteiger partial charge in [0.05, 0.1) is 36.0 Å². The summed E-state index contributed by atoms with van der Waals surface area (Å²) in [5, 5.41) is 4.02. The smallest absolute Gasteiger partial charge is 0.336 e. The molecule has 1 aromatic heterocycles. The minimum absolute atomic E-state index is 0.230. The van der Waals surface area contributed by atoms with Gasteiger partial charge in [0.15, 0.2) is 0 Å². The van der Waals surface area contributed by atoms with Crippen molar-refractivity contribution in [1.82, 2.24) is 10.3 Å². The van der Waals surface area contributed by atoms with Gasteiger partial charge in [0, 0.05) is 27.4 Å². The lowest BCUT2D eigenvalue weighted by molar-refractivity contribution is -0.139. The molecule has 0 saturated carbocycles. The molecule has 2 heterocycles. The third-order valence-electron chi connectivity index (χ3n) is 6.10. The lowest BCUT2D eigenvalue weighted by atomic mass is 9.78. The molecule has 0 atom stereocenters. The van der Waals surface area contributed by atoms with Crippen molar-refractivity contribution in [1.29, 1.82) is 0 Å². The van der Waals surface area contributed by atoms with Crippen molar-refractivity contribution < 1.29 is 19.1 Å². The molecular weight excluding hydrogens is 472 g/mol. The fourth-order valence-electron chi connectivity index (χ4n) is 4.58. The summed E-state index contributed by atoms with van der Waals surface area (Å²) in [6.07, 6.45) is 0. The highest BCUT2D eigenvalue weighted by Crippen LogP contribution is 2.44. The van der Waals surface area contributed by atoms with E-state index in [1.165, 1.54) is 0 Å². The minimum Gasteiger partial charge on any atom is -0.463 e. The van der Waals surface area contributed by atoms with Crippen LogP contribution in [-0.4, -0.2) is 30.1 Å². The number of thiazole rings is 1. The number of nitrogens with one attached hydrogen (secondary N) is 1. The van der Waals surface area contributed by atoms with E-state index in [-0.39, 0.29) is 13.2 Å². The van der Waals surface area contributed by atoms with Gasteiger partial charge in [-0.2, -0.15) is 0 Å². The monoisotopic (exact) mass is 502 g/mol. The molecule has 4 rings (SSSR count). The van der Waals surface area contributed by atoms with Crippen LogP contribution in [0.25, 0.3) is 21.8 Å². The number of ether oxygens (including phenoxy) is 2. The first-order valence-electron chi connectivity index (χ1n) is 12.0. The lowest BCUT2D eigenvalue weighted by Crippen LogP contribution is -2.32. The summed E-state index contributed by atoms with van der Waals surface area (Å²) in [7, 11) is 0. The van der Waals surface area contributed by atoms with Crippen LogP contribution in [0.5, 0.6) is 0 Å². The standard InChI is InChI=1S/C29H30N2O4S/c1-6-34-28(32)23-17(3)30-18(4)24(29(33)35-7-2)25(23)21-15-11-12-16-22(21)27-31-26(19(5)36-27)20-13-9-8-10-14-20/h8-16,25,30H,6-7H2,1-5H3. The Bertz CT molecular complexity index is 1310. The Morgan fingerprint density at radius 1 is 0.861 bits per heavy atom. The van der Waals surface area contributed by atoms with E-state index in [2.05, 4.69) is 12.2 Å². The highest BCUT2D eigenvalue weighted by Gasteiger charge is 2.39. The molecule has 3 aromatic rings. The quantitative estimate of drug-likeness (QED) is 0.391. The van der Waals surface area contributed by atoms with Crippen LogP contribution in [0.15, 0.2) is 77.1 Å². The number of allylic oxidation sites excluding steroid dienone is 2. The van der Waals surface area contributed by atoms with Crippen molar-refractivity contribution in [2.75, 3.05) is 13.2 Å². The van der Waals surface area contributed by atoms with Crippen LogP contribution in [0.4, 0.5) is 0 Å². The van der Waals surface area contributed by atoms with Crippen molar-refractivity contribution in [3.63, 3.8) is 0 Å². The molecular formula is C29H30N2O4S. The van der Waals surface area contributed by atoms with Gasteiger partial charge >= 0.3 is 11.9 Å². The van der Waals surface area contributed by atoms with Gasteiger partial charge in [0.25, 0.3) is 0 Å². The van der Waals surface area contributed by atoms with Crippen LogP contribution < -0.4 is 5.32 Å². The second-order valence-corrected chi connectivity index (χ2v) is 9.66. The second-order valence-electron chi connectivity index (χ2n) is 8.45. The summed E-state index contributed by atoms with van der Waals surface area (Å²) in [6.45, 7) is 9.70. The van der Waals surface area contributed by atoms with E-state index in [4.69, 9.17) is 14.5 Å². The Morgan fingerprint density at radius 3 is 2.00 bits per heavy atom. The van der Waals surface area contributed by atoms with Crippen molar-refractivity contribution >= 4 is 23.3 Å². The number of rotatable bonds is 7. The zero-order valence-electron chi connectivity index (χ0n) is 21.2. The van der Waals surface area contributed by atoms with Gasteiger partial charge in [-0.25, -0.2) is 14.6 Å². The molecule has 0 radical (unpaired) electrons. The molecule has 0 fully saturated rings. The van der Waals surface area contributed by atoms with Crippen LogP contribution in [0, 0.1) is 6.92 Å². The van der Waals surface area contributed by atoms with E-state index in [1.54, 1.807) is 25.2 Å². The average molecular weight is 503 g/mol. The molecule has 7 heteroatoms. The Balaban J connectivity index is 1.92. The predicted molar refractivity (Wildman–Crippen MR) is 142 cm³/mol. The number of esters is 2. The number of nitrogens with zero attached hydrogens (tertiary/aromatic N) is 1. The van der Waals surface area contributed by atoms with Crippen molar-refractivity contribution in [2.24, 2.45) is 0 Å². The maximum Gasteiger partial charge on any atom is 0.336 e. The molecule has 0 bridgehead atoms. The van der Waals surface area contributed by atoms with Gasteiger partial charge in [-0.15, -0.1) is 11.3 Å². The summed E-state index contributed by atoms with van der Waals surface area (Å²) in [4.78, 5) is 32.5. The largest absolute Gasteiger partial charge is 0.463 e. The molecule has 1 N–H and O–H groups in total. The van der Waals surface area contributed by atoms with E-state index in [0.717, 1.165) is 32.3 Å². The van der Waals surface area contributed by atoms with Crippen molar-refractivity contribution in [2.45, 2.75) is 40.5 Å². The summed E-state index contributed by atoms with van der Waals surface area (Å²) in [5.74, 6) is -1.58. The Labute approximate surface area is 215 Å². The minimum atomic E-state index is -0.662. The topological polar surface area (TPSA) is 77.5 Å². The molecule has 1 aliphatic heterocycles. The highest BCUT2D eigenvalue weighted by molar-refractivity contribution is 7.15. The molecule has 2 aromatic carbocycles. The van der Waals surface area contributed by atoms with Gasteiger partial charge < -0.3 is 14.8 Å². The molecule has 36 heavy (non-hydrogen) atoms. The van der Waals surface area contributed by atoms with Crippen molar-refractivity contribution in [3.8, 4) is 21.8 Å². The zero-order valence-corrected chi connectivity index (χ0v) is 22.0. The highest BCUT2D eigenvalue weighted by atomic mass is 32.1. The molecule has 0 aliphatic carbocycles. The number of aromatic nitrogens is 1. The van der Waals surface area contributed by atoms with E-state index < -0.39 is 17.9 Å². The Kier molecular flexibility index (Phi) is 7.70. The van der Waals surface area contributed by atoms with Gasteiger partial charge in [-0.05, 0) is 40.2 Å². The number of carbonyl (C=O) groups excluding carboxylic acids is 2. The van der Waals surface area contributed by atoms with Crippen molar-refractivity contribution in [3.05, 3.63) is 87.6 Å². The number of benzene rings is 2. The summed E-state index contributed by atoms with van der Waals surface area (Å²) in [6, 6.07) is 17.8. The third-order valence-corrected chi connectivity index (χ3v) is 7.10. The van der Waals surface area contributed by atoms with Crippen LogP contribution in [0.1, 0.15) is 44.1 Å². The summed E-state index contributed by atoms with van der Waals surface area (Å²) >= 11 is 1.59. The summed E-state index contributed by atoms with van der Waals surface area (Å²) < 4.78 is 10.9. The molecule has 186 valence electrons. The number of dihydropyridines is 1. The van der Waals surface area contributed by atoms with E-state index >= 15 is 0 Å². The molecule has 1 aliphatic rings. The average Bonchev–Trinajstić information content (AvgIpc) is 3.25. The van der Waals surface area contributed by atoms with Gasteiger partial charge in [0.2, 0.25) is 0 Å². The van der Waals surface area contributed by atoms with Crippen LogP contribution in [0.3, 0.4) is 0 Å². The first-order valence-corrected chi connectivity index (χ1v) is 12.8. The lowest BCUT2D eigenvalue weighted by Gasteiger charge is -2.31. The van der Waals surface area contributed by atoms with Crippen LogP contribution in [-0.2, 0) is 19.1 Å². The zero-order chi connectivity index (χ0) is 25.8. The molecule has 6 nitrogen and oxygen atoms in total. The molecule has 0 spiro atoms. The molecule has 0 unspecified atom stereocenters. The third kappa shape index (κ3) is 4.84. The number of hydrogen-bond donors (Lipinski definition) is 1. The molecule has 0 saturated heterocycles. The van der Waals surface area contributed by atoms with E-state index in [1.807, 2.05) is 68.4 Å². The normalized spacial score (nSPS) is 14.0. The predicted octanol–water partition coefficient (Wildman–Crippen LogP) is 6.15. The first-order chi connectivity index (χ1) is 17.4. The van der Waals surface area contributed by atoms with E-state index in [0.29, 0.717) is 22.5 Å². The van der Waals surface area contributed by atoms with Gasteiger partial charge in [-0.3, -0.25) is 0 Å². The van der Waals surface area contributed by atoms with E-state index in [9.17, 15) is 9.59 Å². The fraction of sp³-hybridized carbons (Fsp3) is 0.276. The van der Waals surface area contributed by atoms with Crippen LogP contribution >= 0.6 is 11.3 Å². The number of hydrogen-bond acceptors (Lipinski definition) is 7. The summed E-state index contributed by atoms with van der Waals surface area (Å²) in [5.41, 5.74) is 5.73. The fourth-order valence-corrected chi connectivity index (χ4v) is 5.57. The molecule has 0 amide bonds. The number of aryl methyl sites for hydroxylation is 1. The maximum atomic E-state index is 13.2. The maximum absolute atomic E-state index is 13.2. The number of carbonyl (C=O) groups is 2. The van der Waals surface area contributed by atoms with Gasteiger partial charge in [-0.1, -0.05) is 54.6 Å². The first kappa shape index (κ1) is 25.4. The Morgan fingerprint density at radius 2 is 1.42 bits per heavy atom. The Hall–Kier alpha value is -3.71. The second kappa shape index (κ2) is 10.9. The van der Waals surface area contributed by atoms with Gasteiger partial charge in [0.1, 0.15) is 5.01 Å².